The molecule has 0 aromatic carbocycles. The van der Waals surface area contributed by atoms with Crippen LogP contribution in [0, 0.1) is 11.8 Å². The molecule has 3 atom stereocenters. The average Bonchev–Trinajstić information content (AvgIpc) is 2.06. The van der Waals surface area contributed by atoms with Gasteiger partial charge in [-0.05, 0) is 12.3 Å². The van der Waals surface area contributed by atoms with E-state index in [2.05, 4.69) is 6.58 Å². The van der Waals surface area contributed by atoms with E-state index in [0.29, 0.717) is 5.92 Å². The van der Waals surface area contributed by atoms with Crippen molar-refractivity contribution in [2.24, 2.45) is 11.8 Å². The van der Waals surface area contributed by atoms with E-state index in [1.165, 1.54) is 6.42 Å². The topological polar surface area (TPSA) is 18.5 Å². The molecule has 0 aliphatic carbocycles. The van der Waals surface area contributed by atoms with Crippen LogP contribution in [0.15, 0.2) is 12.7 Å². The van der Waals surface area contributed by atoms with E-state index in [-0.39, 0.29) is 6.29 Å². The maximum absolute atomic E-state index is 5.46. The number of rotatable bonds is 1. The van der Waals surface area contributed by atoms with E-state index in [4.69, 9.17) is 9.47 Å². The van der Waals surface area contributed by atoms with Crippen LogP contribution in [0.4, 0.5) is 0 Å². The third-order valence-electron chi connectivity index (χ3n) is 2.67. The van der Waals surface area contributed by atoms with Gasteiger partial charge in [0, 0.05) is 12.3 Å². The predicted molar refractivity (Wildman–Crippen MR) is 42.1 cm³/mol. The zero-order chi connectivity index (χ0) is 7.68. The zero-order valence-corrected chi connectivity index (χ0v) is 6.66. The largest absolute Gasteiger partial charge is 0.353 e. The maximum atomic E-state index is 5.46. The van der Waals surface area contributed by atoms with E-state index >= 15 is 0 Å². The van der Waals surface area contributed by atoms with Crippen LogP contribution in [-0.2, 0) is 9.47 Å². The smallest absolute Gasteiger partial charge is 0.157 e. The van der Waals surface area contributed by atoms with Crippen LogP contribution in [0.3, 0.4) is 0 Å². The summed E-state index contributed by atoms with van der Waals surface area (Å²) in [7, 11) is 0. The van der Waals surface area contributed by atoms with Crippen molar-refractivity contribution in [2.75, 3.05) is 13.2 Å². The van der Waals surface area contributed by atoms with E-state index < -0.39 is 0 Å². The minimum absolute atomic E-state index is 0.0879. The molecule has 2 fully saturated rings. The fourth-order valence-electron chi connectivity index (χ4n) is 1.90. The highest BCUT2D eigenvalue weighted by Crippen LogP contribution is 2.33. The second-order valence-electron chi connectivity index (χ2n) is 3.32. The van der Waals surface area contributed by atoms with E-state index in [1.54, 1.807) is 0 Å². The lowest BCUT2D eigenvalue weighted by Gasteiger charge is -2.38. The summed E-state index contributed by atoms with van der Waals surface area (Å²) in [5, 5.41) is 0. The van der Waals surface area contributed by atoms with Crippen molar-refractivity contribution in [2.45, 2.75) is 19.1 Å². The number of hydrogen-bond donors (Lipinski definition) is 0. The monoisotopic (exact) mass is 154 g/mol. The van der Waals surface area contributed by atoms with Crippen molar-refractivity contribution in [1.82, 2.24) is 0 Å². The lowest BCUT2D eigenvalue weighted by atomic mass is 9.84. The number of fused-ring (bicyclic) bond motifs is 2. The summed E-state index contributed by atoms with van der Waals surface area (Å²) < 4.78 is 10.8. The minimum Gasteiger partial charge on any atom is -0.353 e. The first-order chi connectivity index (χ1) is 5.40. The molecule has 2 heterocycles. The van der Waals surface area contributed by atoms with Crippen LogP contribution in [-0.4, -0.2) is 19.5 Å². The summed E-state index contributed by atoms with van der Waals surface area (Å²) in [6.45, 7) is 5.48. The molecule has 0 aromatic rings. The Morgan fingerprint density at radius 2 is 2.27 bits per heavy atom. The standard InChI is InChI=1S/C9H14O2/c1-2-7-6-11-9-5-8(7)3-4-10-9/h2,7-9H,1,3-6H2/t7-,8-,9-/m1/s1. The lowest BCUT2D eigenvalue weighted by molar-refractivity contribution is -0.213. The normalized spacial score (nSPS) is 43.5. The summed E-state index contributed by atoms with van der Waals surface area (Å²) in [5.41, 5.74) is 0. The predicted octanol–water partition coefficient (Wildman–Crippen LogP) is 1.57. The molecule has 0 aromatic heterocycles. The highest BCUT2D eigenvalue weighted by molar-refractivity contribution is 4.89. The fraction of sp³-hybridized carbons (Fsp3) is 0.778. The van der Waals surface area contributed by atoms with Gasteiger partial charge in [0.15, 0.2) is 6.29 Å². The molecule has 2 aliphatic rings. The van der Waals surface area contributed by atoms with E-state index in [0.717, 1.165) is 25.6 Å². The lowest BCUT2D eigenvalue weighted by Crippen LogP contribution is -2.39. The molecule has 0 unspecified atom stereocenters. The molecule has 0 amide bonds. The maximum Gasteiger partial charge on any atom is 0.157 e. The first-order valence-corrected chi connectivity index (χ1v) is 4.26. The van der Waals surface area contributed by atoms with Gasteiger partial charge in [0.25, 0.3) is 0 Å². The molecule has 0 saturated carbocycles. The number of hydrogen-bond acceptors (Lipinski definition) is 2. The van der Waals surface area contributed by atoms with Crippen LogP contribution in [0.1, 0.15) is 12.8 Å². The van der Waals surface area contributed by atoms with Crippen LogP contribution < -0.4 is 0 Å². The third kappa shape index (κ3) is 1.33. The fourth-order valence-corrected chi connectivity index (χ4v) is 1.90. The van der Waals surface area contributed by atoms with Crippen molar-refractivity contribution in [1.29, 1.82) is 0 Å². The Balaban J connectivity index is 2.02. The van der Waals surface area contributed by atoms with Gasteiger partial charge in [0.05, 0.1) is 13.2 Å². The first kappa shape index (κ1) is 7.32. The van der Waals surface area contributed by atoms with Crippen LogP contribution in [0.25, 0.3) is 0 Å². The summed E-state index contributed by atoms with van der Waals surface area (Å²) in [4.78, 5) is 0. The Hall–Kier alpha value is -0.340. The SMILES string of the molecule is C=C[C@@H]1CO[C@@H]2C[C@H]1CCO2. The molecule has 2 saturated heterocycles. The molecule has 2 bridgehead atoms. The molecule has 0 spiro atoms. The summed E-state index contributed by atoms with van der Waals surface area (Å²) in [5.74, 6) is 1.33. The second kappa shape index (κ2) is 2.95. The highest BCUT2D eigenvalue weighted by Gasteiger charge is 2.32. The van der Waals surface area contributed by atoms with Gasteiger partial charge >= 0.3 is 0 Å². The molecule has 2 heteroatoms. The van der Waals surface area contributed by atoms with Gasteiger partial charge in [-0.3, -0.25) is 0 Å². The van der Waals surface area contributed by atoms with Crippen LogP contribution in [0.2, 0.25) is 0 Å². The van der Waals surface area contributed by atoms with Gasteiger partial charge in [-0.1, -0.05) is 6.08 Å². The molecular formula is C9H14O2. The number of ether oxygens (including phenoxy) is 2. The summed E-state index contributed by atoms with van der Waals surface area (Å²) in [6.07, 6.45) is 4.35. The summed E-state index contributed by atoms with van der Waals surface area (Å²) in [6, 6.07) is 0. The molecule has 2 nitrogen and oxygen atoms in total. The Labute approximate surface area is 67.2 Å². The minimum atomic E-state index is 0.0879. The Bertz CT molecular complexity index is 156. The van der Waals surface area contributed by atoms with Crippen molar-refractivity contribution < 1.29 is 9.47 Å². The van der Waals surface area contributed by atoms with Gasteiger partial charge < -0.3 is 9.47 Å². The quantitative estimate of drug-likeness (QED) is 0.534. The molecule has 2 rings (SSSR count). The van der Waals surface area contributed by atoms with Gasteiger partial charge in [0.1, 0.15) is 0 Å². The Morgan fingerprint density at radius 3 is 3.09 bits per heavy atom. The van der Waals surface area contributed by atoms with Gasteiger partial charge in [-0.2, -0.15) is 0 Å². The first-order valence-electron chi connectivity index (χ1n) is 4.26. The van der Waals surface area contributed by atoms with E-state index in [9.17, 15) is 0 Å². The average molecular weight is 154 g/mol. The van der Waals surface area contributed by atoms with E-state index in [1.807, 2.05) is 6.08 Å². The summed E-state index contributed by atoms with van der Waals surface area (Å²) >= 11 is 0. The molecular weight excluding hydrogens is 140 g/mol. The van der Waals surface area contributed by atoms with Crippen LogP contribution >= 0.6 is 0 Å². The second-order valence-corrected chi connectivity index (χ2v) is 3.32. The van der Waals surface area contributed by atoms with Gasteiger partial charge in [-0.15, -0.1) is 6.58 Å². The van der Waals surface area contributed by atoms with Crippen molar-refractivity contribution in [3.8, 4) is 0 Å². The molecule has 0 radical (unpaired) electrons. The molecule has 11 heavy (non-hydrogen) atoms. The molecule has 2 aliphatic heterocycles. The Morgan fingerprint density at radius 1 is 1.36 bits per heavy atom. The van der Waals surface area contributed by atoms with Gasteiger partial charge in [0.2, 0.25) is 0 Å². The third-order valence-corrected chi connectivity index (χ3v) is 2.67. The van der Waals surface area contributed by atoms with Crippen LogP contribution in [0.5, 0.6) is 0 Å². The van der Waals surface area contributed by atoms with Crippen molar-refractivity contribution in [3.05, 3.63) is 12.7 Å². The molecule has 62 valence electrons. The van der Waals surface area contributed by atoms with Crippen molar-refractivity contribution >= 4 is 0 Å². The van der Waals surface area contributed by atoms with Crippen molar-refractivity contribution in [3.63, 3.8) is 0 Å². The molecule has 0 N–H and O–H groups in total. The van der Waals surface area contributed by atoms with Gasteiger partial charge in [-0.25, -0.2) is 0 Å². The zero-order valence-electron chi connectivity index (χ0n) is 6.66. The highest BCUT2D eigenvalue weighted by atomic mass is 16.7. The Kier molecular flexibility index (Phi) is 1.96.